The van der Waals surface area contributed by atoms with E-state index in [0.717, 1.165) is 11.4 Å². The zero-order chi connectivity index (χ0) is 16.4. The lowest BCUT2D eigenvalue weighted by atomic mass is 10.3. The van der Waals surface area contributed by atoms with E-state index in [9.17, 15) is 14.9 Å². The number of hydrogen-bond acceptors (Lipinski definition) is 4. The number of thioether (sulfide) groups is 1. The van der Waals surface area contributed by atoms with Crippen molar-refractivity contribution in [3.63, 3.8) is 0 Å². The Balaban J connectivity index is 1.72. The number of hydrogen-bond donors (Lipinski definition) is 1. The summed E-state index contributed by atoms with van der Waals surface area (Å²) in [5.41, 5.74) is 1.62. The van der Waals surface area contributed by atoms with Gasteiger partial charge in [-0.1, -0.05) is 0 Å². The third-order valence-electron chi connectivity index (χ3n) is 3.72. The monoisotopic (exact) mass is 332 g/mol. The van der Waals surface area contributed by atoms with E-state index in [1.54, 1.807) is 16.7 Å². The van der Waals surface area contributed by atoms with Crippen molar-refractivity contribution >= 4 is 29.2 Å². The zero-order valence-electron chi connectivity index (χ0n) is 12.5. The fourth-order valence-corrected chi connectivity index (χ4v) is 3.84. The molecule has 3 rings (SSSR count). The topological polar surface area (TPSA) is 80.4 Å². The maximum atomic E-state index is 12.5. The third kappa shape index (κ3) is 3.16. The Labute approximate surface area is 137 Å². The molecule has 0 saturated carbocycles. The minimum Gasteiger partial charge on any atom is -0.352 e. The summed E-state index contributed by atoms with van der Waals surface area (Å²) >= 11 is 1.72. The van der Waals surface area contributed by atoms with Crippen LogP contribution in [-0.2, 0) is 7.05 Å². The number of nitrogens with zero attached hydrogens (tertiary/aromatic N) is 3. The molecule has 1 unspecified atom stereocenters. The Hall–Kier alpha value is -2.48. The Kier molecular flexibility index (Phi) is 4.24. The molecule has 1 aliphatic heterocycles. The van der Waals surface area contributed by atoms with Crippen LogP contribution in [0.1, 0.15) is 11.1 Å². The molecule has 1 aliphatic rings. The van der Waals surface area contributed by atoms with Crippen molar-refractivity contribution in [2.45, 2.75) is 5.37 Å². The third-order valence-corrected chi connectivity index (χ3v) is 4.95. The summed E-state index contributed by atoms with van der Waals surface area (Å²) in [6.45, 7) is 0.666. The molecule has 7 nitrogen and oxygen atoms in total. The van der Waals surface area contributed by atoms with E-state index in [2.05, 4.69) is 5.32 Å². The number of carbonyl (C=O) groups is 1. The van der Waals surface area contributed by atoms with Crippen molar-refractivity contribution in [2.75, 3.05) is 17.6 Å². The average molecular weight is 332 g/mol. The van der Waals surface area contributed by atoms with Crippen LogP contribution in [0.25, 0.3) is 0 Å². The molecule has 1 N–H and O–H groups in total. The summed E-state index contributed by atoms with van der Waals surface area (Å²) in [7, 11) is 1.96. The van der Waals surface area contributed by atoms with E-state index >= 15 is 0 Å². The highest BCUT2D eigenvalue weighted by Crippen LogP contribution is 2.38. The van der Waals surface area contributed by atoms with Gasteiger partial charge in [-0.2, -0.15) is 0 Å². The summed E-state index contributed by atoms with van der Waals surface area (Å²) in [5.74, 6) is 0.879. The molecular formula is C15H16N4O3S. The second kappa shape index (κ2) is 6.33. The zero-order valence-corrected chi connectivity index (χ0v) is 13.3. The number of nitro groups is 1. The highest BCUT2D eigenvalue weighted by Gasteiger charge is 2.32. The number of aryl methyl sites for hydroxylation is 1. The number of aromatic nitrogens is 1. The van der Waals surface area contributed by atoms with Gasteiger partial charge in [-0.25, -0.2) is 4.79 Å². The van der Waals surface area contributed by atoms with E-state index in [1.807, 2.05) is 29.9 Å². The van der Waals surface area contributed by atoms with Gasteiger partial charge in [0.1, 0.15) is 5.37 Å². The molecule has 8 heteroatoms. The molecule has 1 saturated heterocycles. The molecule has 0 radical (unpaired) electrons. The molecule has 0 spiro atoms. The number of nitro benzene ring substituents is 1. The van der Waals surface area contributed by atoms with E-state index in [4.69, 9.17) is 0 Å². The lowest BCUT2D eigenvalue weighted by molar-refractivity contribution is -0.384. The molecule has 1 aromatic carbocycles. The molecule has 23 heavy (non-hydrogen) atoms. The first kappa shape index (κ1) is 15.4. The highest BCUT2D eigenvalue weighted by molar-refractivity contribution is 7.99. The van der Waals surface area contributed by atoms with Crippen LogP contribution in [0.5, 0.6) is 0 Å². The van der Waals surface area contributed by atoms with Gasteiger partial charge in [0.05, 0.1) is 10.6 Å². The van der Waals surface area contributed by atoms with Crippen LogP contribution < -0.4 is 5.32 Å². The van der Waals surface area contributed by atoms with Gasteiger partial charge in [-0.15, -0.1) is 11.8 Å². The summed E-state index contributed by atoms with van der Waals surface area (Å²) in [6, 6.07) is 9.60. The normalized spacial score (nSPS) is 17.3. The minimum atomic E-state index is -0.464. The summed E-state index contributed by atoms with van der Waals surface area (Å²) in [6.07, 6.45) is 1.96. The van der Waals surface area contributed by atoms with Crippen molar-refractivity contribution < 1.29 is 9.72 Å². The molecule has 2 aromatic rings. The Morgan fingerprint density at radius 1 is 1.35 bits per heavy atom. The molecule has 120 valence electrons. The van der Waals surface area contributed by atoms with Crippen LogP contribution in [0.2, 0.25) is 0 Å². The van der Waals surface area contributed by atoms with Crippen molar-refractivity contribution in [1.29, 1.82) is 0 Å². The van der Waals surface area contributed by atoms with Gasteiger partial charge in [0.15, 0.2) is 0 Å². The molecule has 1 aromatic heterocycles. The standard InChI is InChI=1S/C15H16N4O3S/c1-17-8-2-3-13(17)14-18(9-10-23-14)15(20)16-11-4-6-12(7-5-11)19(21)22/h2-8,14H,9-10H2,1H3,(H,16,20). The minimum absolute atomic E-state index is 0.00131. The number of carbonyl (C=O) groups excluding carboxylic acids is 1. The van der Waals surface area contributed by atoms with E-state index in [1.165, 1.54) is 24.3 Å². The predicted molar refractivity (Wildman–Crippen MR) is 89.4 cm³/mol. The fourth-order valence-electron chi connectivity index (χ4n) is 2.52. The quantitative estimate of drug-likeness (QED) is 0.691. The number of rotatable bonds is 3. The number of amides is 2. The molecular weight excluding hydrogens is 316 g/mol. The van der Waals surface area contributed by atoms with Gasteiger partial charge in [0, 0.05) is 43.4 Å². The van der Waals surface area contributed by atoms with E-state index in [-0.39, 0.29) is 17.1 Å². The fraction of sp³-hybridized carbons (Fsp3) is 0.267. The van der Waals surface area contributed by atoms with Gasteiger partial charge in [-0.05, 0) is 24.3 Å². The van der Waals surface area contributed by atoms with Gasteiger partial charge in [0.25, 0.3) is 5.69 Å². The second-order valence-electron chi connectivity index (χ2n) is 5.19. The molecule has 0 aliphatic carbocycles. The Morgan fingerprint density at radius 3 is 2.70 bits per heavy atom. The lowest BCUT2D eigenvalue weighted by Gasteiger charge is -2.24. The van der Waals surface area contributed by atoms with Gasteiger partial charge in [-0.3, -0.25) is 10.1 Å². The number of anilines is 1. The number of non-ortho nitro benzene ring substituents is 1. The average Bonchev–Trinajstić information content (AvgIpc) is 3.15. The summed E-state index contributed by atoms with van der Waals surface area (Å²) in [4.78, 5) is 24.5. The van der Waals surface area contributed by atoms with Crippen LogP contribution in [0, 0.1) is 10.1 Å². The Morgan fingerprint density at radius 2 is 2.09 bits per heavy atom. The molecule has 1 atom stereocenters. The van der Waals surface area contributed by atoms with Crippen molar-refractivity contribution in [3.05, 3.63) is 58.4 Å². The summed E-state index contributed by atoms with van der Waals surface area (Å²) in [5, 5.41) is 13.4. The largest absolute Gasteiger partial charge is 0.352 e. The predicted octanol–water partition coefficient (Wildman–Crippen LogP) is 3.21. The SMILES string of the molecule is Cn1cccc1C1SCCN1C(=O)Nc1ccc([N+](=O)[O-])cc1. The van der Waals surface area contributed by atoms with Crippen LogP contribution in [0.3, 0.4) is 0 Å². The molecule has 0 bridgehead atoms. The highest BCUT2D eigenvalue weighted by atomic mass is 32.2. The van der Waals surface area contributed by atoms with Crippen LogP contribution in [0.4, 0.5) is 16.2 Å². The van der Waals surface area contributed by atoms with Crippen LogP contribution in [-0.4, -0.2) is 32.7 Å². The van der Waals surface area contributed by atoms with Crippen LogP contribution in [0.15, 0.2) is 42.6 Å². The molecule has 1 fully saturated rings. The summed E-state index contributed by atoms with van der Waals surface area (Å²) < 4.78 is 2.01. The first-order valence-corrected chi connectivity index (χ1v) is 8.16. The molecule has 2 heterocycles. The smallest absolute Gasteiger partial charge is 0.323 e. The maximum Gasteiger partial charge on any atom is 0.323 e. The van der Waals surface area contributed by atoms with Crippen molar-refractivity contribution in [3.8, 4) is 0 Å². The number of nitrogens with one attached hydrogen (secondary N) is 1. The van der Waals surface area contributed by atoms with Gasteiger partial charge < -0.3 is 14.8 Å². The number of benzene rings is 1. The first-order chi connectivity index (χ1) is 11.1. The van der Waals surface area contributed by atoms with E-state index < -0.39 is 4.92 Å². The second-order valence-corrected chi connectivity index (χ2v) is 6.38. The van der Waals surface area contributed by atoms with Crippen molar-refractivity contribution in [2.24, 2.45) is 7.05 Å². The first-order valence-electron chi connectivity index (χ1n) is 7.11. The number of urea groups is 1. The lowest BCUT2D eigenvalue weighted by Crippen LogP contribution is -2.34. The van der Waals surface area contributed by atoms with Crippen LogP contribution >= 0.6 is 11.8 Å². The Bertz CT molecular complexity index is 729. The molecule has 2 amide bonds. The van der Waals surface area contributed by atoms with E-state index in [0.29, 0.717) is 12.2 Å². The van der Waals surface area contributed by atoms with Gasteiger partial charge in [0.2, 0.25) is 0 Å². The van der Waals surface area contributed by atoms with Gasteiger partial charge >= 0.3 is 6.03 Å². The van der Waals surface area contributed by atoms with Crippen molar-refractivity contribution in [1.82, 2.24) is 9.47 Å². The maximum absolute atomic E-state index is 12.5.